The van der Waals surface area contributed by atoms with E-state index in [2.05, 4.69) is 15.3 Å². The normalized spacial score (nSPS) is 15.3. The molecule has 2 heterocycles. The van der Waals surface area contributed by atoms with Gasteiger partial charge in [0.1, 0.15) is 16.4 Å². The second-order valence-electron chi connectivity index (χ2n) is 6.36. The zero-order valence-electron chi connectivity index (χ0n) is 15.2. The van der Waals surface area contributed by atoms with Crippen LogP contribution in [0, 0.1) is 5.82 Å². The highest BCUT2D eigenvalue weighted by Gasteiger charge is 2.29. The first-order valence-corrected chi connectivity index (χ1v) is 10.3. The summed E-state index contributed by atoms with van der Waals surface area (Å²) in [5, 5.41) is 2.55. The maximum Gasteiger partial charge on any atom is 0.275 e. The molecule has 1 aliphatic rings. The van der Waals surface area contributed by atoms with Crippen LogP contribution in [0.1, 0.15) is 10.5 Å². The summed E-state index contributed by atoms with van der Waals surface area (Å²) in [6.07, 6.45) is 1.33. The molecule has 10 heteroatoms. The van der Waals surface area contributed by atoms with Crippen LogP contribution >= 0.6 is 0 Å². The summed E-state index contributed by atoms with van der Waals surface area (Å²) in [4.78, 5) is 20.4. The maximum absolute atomic E-state index is 14.3. The molecule has 0 bridgehead atoms. The van der Waals surface area contributed by atoms with Crippen molar-refractivity contribution in [2.75, 3.05) is 31.6 Å². The Labute approximate surface area is 166 Å². The van der Waals surface area contributed by atoms with Gasteiger partial charge in [0.25, 0.3) is 5.91 Å². The van der Waals surface area contributed by atoms with Crippen LogP contribution in [-0.4, -0.2) is 54.9 Å². The number of carbonyl (C=O) groups is 1. The number of para-hydroxylation sites is 2. The molecule has 8 nitrogen and oxygen atoms in total. The van der Waals surface area contributed by atoms with Crippen molar-refractivity contribution in [1.82, 2.24) is 14.3 Å². The Balaban J connectivity index is 1.60. The first-order chi connectivity index (χ1) is 13.9. The van der Waals surface area contributed by atoms with Crippen molar-refractivity contribution in [2.24, 2.45) is 0 Å². The minimum atomic E-state index is -4.05. The van der Waals surface area contributed by atoms with Gasteiger partial charge in [-0.25, -0.2) is 17.8 Å². The van der Waals surface area contributed by atoms with Gasteiger partial charge < -0.3 is 10.1 Å². The molecule has 1 N–H and O–H groups in total. The van der Waals surface area contributed by atoms with Crippen molar-refractivity contribution in [3.8, 4) is 0 Å². The van der Waals surface area contributed by atoms with E-state index in [1.165, 1.54) is 12.3 Å². The average Bonchev–Trinajstić information content (AvgIpc) is 2.75. The zero-order valence-corrected chi connectivity index (χ0v) is 16.0. The van der Waals surface area contributed by atoms with Gasteiger partial charge in [-0.1, -0.05) is 12.1 Å². The molecule has 1 aliphatic heterocycles. The highest BCUT2D eigenvalue weighted by Crippen LogP contribution is 2.24. The summed E-state index contributed by atoms with van der Waals surface area (Å²) >= 11 is 0. The molecule has 1 amide bonds. The van der Waals surface area contributed by atoms with Crippen LogP contribution in [-0.2, 0) is 14.8 Å². The summed E-state index contributed by atoms with van der Waals surface area (Å²) < 4.78 is 46.1. The molecule has 2 aromatic carbocycles. The van der Waals surface area contributed by atoms with Crippen molar-refractivity contribution in [1.29, 1.82) is 0 Å². The summed E-state index contributed by atoms with van der Waals surface area (Å²) in [7, 11) is -4.05. The molecular weight excluding hydrogens is 399 g/mol. The Morgan fingerprint density at radius 2 is 1.83 bits per heavy atom. The van der Waals surface area contributed by atoms with E-state index >= 15 is 0 Å². The topological polar surface area (TPSA) is 101 Å². The highest BCUT2D eigenvalue weighted by atomic mass is 32.2. The number of carbonyl (C=O) groups excluding carboxylic acids is 1. The molecule has 0 saturated carbocycles. The lowest BCUT2D eigenvalue weighted by Gasteiger charge is -2.26. The van der Waals surface area contributed by atoms with Crippen LogP contribution in [0.15, 0.2) is 53.6 Å². The van der Waals surface area contributed by atoms with Crippen LogP contribution in [0.3, 0.4) is 0 Å². The Kier molecular flexibility index (Phi) is 5.22. The molecule has 150 valence electrons. The van der Waals surface area contributed by atoms with Gasteiger partial charge in [-0.05, 0) is 30.3 Å². The number of nitrogens with zero attached hydrogens (tertiary/aromatic N) is 3. The van der Waals surface area contributed by atoms with Crippen LogP contribution in [0.25, 0.3) is 11.0 Å². The number of amides is 1. The van der Waals surface area contributed by atoms with Gasteiger partial charge >= 0.3 is 0 Å². The number of sulfonamides is 1. The quantitative estimate of drug-likeness (QED) is 0.699. The first-order valence-electron chi connectivity index (χ1n) is 8.86. The number of fused-ring (bicyclic) bond motifs is 1. The Morgan fingerprint density at radius 3 is 2.59 bits per heavy atom. The maximum atomic E-state index is 14.3. The summed E-state index contributed by atoms with van der Waals surface area (Å²) in [6, 6.07) is 10.5. The third-order valence-corrected chi connectivity index (χ3v) is 6.37. The van der Waals surface area contributed by atoms with Crippen molar-refractivity contribution in [3.63, 3.8) is 0 Å². The number of nitrogens with one attached hydrogen (secondary N) is 1. The lowest BCUT2D eigenvalue weighted by Crippen LogP contribution is -2.40. The van der Waals surface area contributed by atoms with Crippen molar-refractivity contribution in [2.45, 2.75) is 4.90 Å². The van der Waals surface area contributed by atoms with E-state index in [9.17, 15) is 17.6 Å². The van der Waals surface area contributed by atoms with Crippen LogP contribution < -0.4 is 5.32 Å². The second-order valence-corrected chi connectivity index (χ2v) is 8.27. The molecule has 0 radical (unpaired) electrons. The average molecular weight is 416 g/mol. The number of anilines is 1. The smallest absolute Gasteiger partial charge is 0.275 e. The van der Waals surface area contributed by atoms with E-state index in [4.69, 9.17) is 4.74 Å². The van der Waals surface area contributed by atoms with Gasteiger partial charge in [0.05, 0.1) is 30.4 Å². The predicted octanol–water partition coefficient (Wildman–Crippen LogP) is 2.04. The lowest BCUT2D eigenvalue weighted by atomic mass is 10.2. The number of aromatic nitrogens is 2. The fraction of sp³-hybridized carbons (Fsp3) is 0.211. The van der Waals surface area contributed by atoms with Crippen molar-refractivity contribution < 1.29 is 22.3 Å². The Bertz CT molecular complexity index is 1180. The van der Waals surface area contributed by atoms with Gasteiger partial charge in [0, 0.05) is 18.8 Å². The number of hydrogen-bond acceptors (Lipinski definition) is 6. The van der Waals surface area contributed by atoms with E-state index in [0.717, 1.165) is 16.4 Å². The molecule has 1 aromatic heterocycles. The number of hydrogen-bond donors (Lipinski definition) is 1. The van der Waals surface area contributed by atoms with Crippen LogP contribution in [0.2, 0.25) is 0 Å². The molecule has 4 rings (SSSR count). The summed E-state index contributed by atoms with van der Waals surface area (Å²) in [6.45, 7) is 0.784. The first kappa shape index (κ1) is 19.4. The van der Waals surface area contributed by atoms with E-state index in [0.29, 0.717) is 11.0 Å². The van der Waals surface area contributed by atoms with E-state index in [1.54, 1.807) is 18.2 Å². The number of halogens is 1. The number of morpholine rings is 1. The fourth-order valence-electron chi connectivity index (χ4n) is 2.97. The molecule has 1 fully saturated rings. The second kappa shape index (κ2) is 7.82. The summed E-state index contributed by atoms with van der Waals surface area (Å²) in [5.74, 6) is -1.47. The van der Waals surface area contributed by atoms with Gasteiger partial charge in [0.2, 0.25) is 10.0 Å². The van der Waals surface area contributed by atoms with E-state index < -0.39 is 26.6 Å². The van der Waals surface area contributed by atoms with Gasteiger partial charge in [-0.15, -0.1) is 0 Å². The largest absolute Gasteiger partial charge is 0.379 e. The zero-order chi connectivity index (χ0) is 20.4. The minimum Gasteiger partial charge on any atom is -0.379 e. The monoisotopic (exact) mass is 416 g/mol. The third kappa shape index (κ3) is 3.95. The minimum absolute atomic E-state index is 0.0608. The molecule has 0 unspecified atom stereocenters. The molecule has 1 saturated heterocycles. The third-order valence-electron chi connectivity index (χ3n) is 4.46. The Morgan fingerprint density at radius 1 is 1.10 bits per heavy atom. The van der Waals surface area contributed by atoms with Gasteiger partial charge in [-0.2, -0.15) is 4.31 Å². The fourth-order valence-corrected chi connectivity index (χ4v) is 4.46. The van der Waals surface area contributed by atoms with Crippen LogP contribution in [0.5, 0.6) is 0 Å². The molecule has 29 heavy (non-hydrogen) atoms. The van der Waals surface area contributed by atoms with E-state index in [-0.39, 0.29) is 37.7 Å². The molecule has 0 aliphatic carbocycles. The van der Waals surface area contributed by atoms with Crippen LogP contribution in [0.4, 0.5) is 10.1 Å². The summed E-state index contributed by atoms with van der Waals surface area (Å²) in [5.41, 5.74) is 1.39. The molecular formula is C19H17FN4O4S. The molecule has 3 aromatic rings. The predicted molar refractivity (Wildman–Crippen MR) is 103 cm³/mol. The van der Waals surface area contributed by atoms with Gasteiger partial charge in [-0.3, -0.25) is 9.78 Å². The Hall–Kier alpha value is -2.95. The lowest BCUT2D eigenvalue weighted by molar-refractivity contribution is 0.0729. The standard InChI is InChI=1S/C19H17FN4O4S/c20-14-6-5-13(11-18(14)29(26,27)24-7-9-28-10-8-24)22-19(25)17-12-21-15-3-1-2-4-16(15)23-17/h1-6,11-12H,7-10H2,(H,22,25). The van der Waals surface area contributed by atoms with Crippen molar-refractivity contribution in [3.05, 3.63) is 60.2 Å². The highest BCUT2D eigenvalue weighted by molar-refractivity contribution is 7.89. The van der Waals surface area contributed by atoms with Crippen molar-refractivity contribution >= 4 is 32.7 Å². The number of ether oxygens (including phenoxy) is 1. The SMILES string of the molecule is O=C(Nc1ccc(F)c(S(=O)(=O)N2CCOCC2)c1)c1cnc2ccccc2n1. The molecule has 0 atom stereocenters. The van der Waals surface area contributed by atoms with E-state index in [1.807, 2.05) is 6.07 Å². The van der Waals surface area contributed by atoms with Gasteiger partial charge in [0.15, 0.2) is 0 Å². The number of benzene rings is 2. The number of rotatable bonds is 4. The molecule has 0 spiro atoms.